The molecule has 0 aromatic rings. The third-order valence-electron chi connectivity index (χ3n) is 1.26. The highest BCUT2D eigenvalue weighted by Gasteiger charge is 1.87. The van der Waals surface area contributed by atoms with Gasteiger partial charge >= 0.3 is 0 Å². The molecule has 0 rings (SSSR count). The fourth-order valence-corrected chi connectivity index (χ4v) is 0. The van der Waals surface area contributed by atoms with Crippen molar-refractivity contribution in [1.82, 2.24) is 6.15 Å². The third kappa shape index (κ3) is 31.3. The van der Waals surface area contributed by atoms with Crippen LogP contribution in [0.5, 0.6) is 0 Å². The van der Waals surface area contributed by atoms with Crippen LogP contribution in [0.3, 0.4) is 0 Å². The van der Waals surface area contributed by atoms with Crippen molar-refractivity contribution in [2.24, 2.45) is 17.2 Å². The summed E-state index contributed by atoms with van der Waals surface area (Å²) in [6, 6.07) is 0. The minimum absolute atomic E-state index is 0. The molecule has 3 amide bonds. The van der Waals surface area contributed by atoms with E-state index in [1.165, 1.54) is 0 Å². The molecule has 0 aromatic carbocycles. The van der Waals surface area contributed by atoms with Gasteiger partial charge in [0, 0.05) is 16.7 Å². The second-order valence-corrected chi connectivity index (χ2v) is 3.43. The molecule has 0 saturated heterocycles. The molecule has 0 heterocycles. The highest BCUT2D eigenvalue weighted by molar-refractivity contribution is 5.91. The van der Waals surface area contributed by atoms with Gasteiger partial charge in [0.25, 0.3) is 0 Å². The number of carbonyl (C=O) groups is 3. The fraction of sp³-hybridized carbons (Fsp3) is 0.250. The normalized spacial score (nSPS) is 7.11. The molecule has 7 heteroatoms. The van der Waals surface area contributed by atoms with E-state index < -0.39 is 17.7 Å². The number of hydrogen-bond acceptors (Lipinski definition) is 4. The molecule has 0 radical (unpaired) electrons. The molecule has 19 heavy (non-hydrogen) atoms. The summed E-state index contributed by atoms with van der Waals surface area (Å²) in [6.07, 6.45) is 0. The zero-order valence-corrected chi connectivity index (χ0v) is 11.8. The highest BCUT2D eigenvalue weighted by atomic mass is 16.1. The van der Waals surface area contributed by atoms with Crippen LogP contribution in [0.1, 0.15) is 20.8 Å². The smallest absolute Gasteiger partial charge is 0.243 e. The predicted octanol–water partition coefficient (Wildman–Crippen LogP) is 0.305. The number of primary amides is 3. The Balaban J connectivity index is -0.0000000865. The maximum Gasteiger partial charge on any atom is 0.243 e. The van der Waals surface area contributed by atoms with Crippen LogP contribution in [0.4, 0.5) is 0 Å². The Labute approximate surface area is 113 Å². The van der Waals surface area contributed by atoms with Gasteiger partial charge in [-0.05, 0) is 20.8 Å². The van der Waals surface area contributed by atoms with Crippen LogP contribution >= 0.6 is 0 Å². The van der Waals surface area contributed by atoms with Crippen LogP contribution in [0.2, 0.25) is 0 Å². The van der Waals surface area contributed by atoms with Gasteiger partial charge in [0.05, 0.1) is 0 Å². The van der Waals surface area contributed by atoms with E-state index in [1.54, 1.807) is 20.8 Å². The topological polar surface area (TPSA) is 164 Å². The van der Waals surface area contributed by atoms with E-state index in [0.29, 0.717) is 16.7 Å². The van der Waals surface area contributed by atoms with Crippen LogP contribution in [-0.4, -0.2) is 17.7 Å². The maximum atomic E-state index is 9.82. The summed E-state index contributed by atoms with van der Waals surface area (Å²) in [6.45, 7) is 14.6. The van der Waals surface area contributed by atoms with Crippen molar-refractivity contribution < 1.29 is 14.4 Å². The van der Waals surface area contributed by atoms with Gasteiger partial charge in [0.1, 0.15) is 0 Å². The van der Waals surface area contributed by atoms with Crippen molar-refractivity contribution in [3.63, 3.8) is 0 Å². The van der Waals surface area contributed by atoms with E-state index in [2.05, 4.69) is 19.7 Å². The number of nitrogens with two attached hydrogens (primary N) is 3. The SMILES string of the molecule is C=C(C)C(N)=O.C=C(C)C(N)=O.C=C(C)C(N)=O.N. The van der Waals surface area contributed by atoms with Gasteiger partial charge in [0.2, 0.25) is 17.7 Å². The van der Waals surface area contributed by atoms with Gasteiger partial charge < -0.3 is 23.4 Å². The largest absolute Gasteiger partial charge is 0.366 e. The van der Waals surface area contributed by atoms with E-state index >= 15 is 0 Å². The van der Waals surface area contributed by atoms with Crippen LogP contribution in [0.25, 0.3) is 0 Å². The Hall–Kier alpha value is -2.41. The number of rotatable bonds is 3. The van der Waals surface area contributed by atoms with Gasteiger partial charge in [-0.1, -0.05) is 19.7 Å². The monoisotopic (exact) mass is 272 g/mol. The summed E-state index contributed by atoms with van der Waals surface area (Å²) >= 11 is 0. The summed E-state index contributed by atoms with van der Waals surface area (Å²) in [5, 5.41) is 0. The van der Waals surface area contributed by atoms with Gasteiger partial charge in [-0.15, -0.1) is 0 Å². The minimum atomic E-state index is -0.435. The summed E-state index contributed by atoms with van der Waals surface area (Å²) < 4.78 is 0. The Bertz CT molecular complexity index is 280. The number of amides is 3. The van der Waals surface area contributed by atoms with Gasteiger partial charge in [0.15, 0.2) is 0 Å². The van der Waals surface area contributed by atoms with Gasteiger partial charge in [-0.2, -0.15) is 0 Å². The average Bonchev–Trinajstić information content (AvgIpc) is 2.18. The molecule has 110 valence electrons. The zero-order chi connectivity index (χ0) is 15.5. The lowest BCUT2D eigenvalue weighted by molar-refractivity contribution is -0.115. The van der Waals surface area contributed by atoms with Crippen LogP contribution in [-0.2, 0) is 14.4 Å². The maximum absolute atomic E-state index is 9.82. The molecular weight excluding hydrogens is 248 g/mol. The average molecular weight is 272 g/mol. The Kier molecular flexibility index (Phi) is 18.3. The second-order valence-electron chi connectivity index (χ2n) is 3.43. The molecule has 0 saturated carbocycles. The molecule has 0 spiro atoms. The molecule has 7 nitrogen and oxygen atoms in total. The first kappa shape index (κ1) is 25.4. The lowest BCUT2D eigenvalue weighted by Gasteiger charge is -1.81. The Morgan fingerprint density at radius 1 is 0.632 bits per heavy atom. The number of carbonyl (C=O) groups excluding carboxylic acids is 3. The molecule has 0 bridgehead atoms. The molecule has 0 aliphatic carbocycles. The van der Waals surface area contributed by atoms with Crippen molar-refractivity contribution in [3.05, 3.63) is 36.5 Å². The summed E-state index contributed by atoms with van der Waals surface area (Å²) in [7, 11) is 0. The quantitative estimate of drug-likeness (QED) is 0.543. The molecule has 0 aliphatic rings. The van der Waals surface area contributed by atoms with Crippen molar-refractivity contribution in [1.29, 1.82) is 0 Å². The first-order chi connectivity index (χ1) is 7.93. The molecule has 0 unspecified atom stereocenters. The van der Waals surface area contributed by atoms with Gasteiger partial charge in [-0.3, -0.25) is 14.4 Å². The van der Waals surface area contributed by atoms with Crippen molar-refractivity contribution in [2.45, 2.75) is 20.8 Å². The first-order valence-corrected chi connectivity index (χ1v) is 4.79. The van der Waals surface area contributed by atoms with Crippen LogP contribution in [0.15, 0.2) is 36.5 Å². The van der Waals surface area contributed by atoms with E-state index in [9.17, 15) is 14.4 Å². The van der Waals surface area contributed by atoms with Gasteiger partial charge in [-0.25, -0.2) is 0 Å². The zero-order valence-electron chi connectivity index (χ0n) is 11.8. The molecule has 0 aliphatic heterocycles. The molecule has 0 fully saturated rings. The van der Waals surface area contributed by atoms with Crippen molar-refractivity contribution >= 4 is 17.7 Å². The minimum Gasteiger partial charge on any atom is -0.366 e. The summed E-state index contributed by atoms with van der Waals surface area (Å²) in [4.78, 5) is 29.5. The Morgan fingerprint density at radius 2 is 0.684 bits per heavy atom. The highest BCUT2D eigenvalue weighted by Crippen LogP contribution is 1.79. The third-order valence-corrected chi connectivity index (χ3v) is 1.26. The van der Waals surface area contributed by atoms with Crippen LogP contribution < -0.4 is 23.4 Å². The van der Waals surface area contributed by atoms with E-state index in [-0.39, 0.29) is 6.15 Å². The van der Waals surface area contributed by atoms with E-state index in [4.69, 9.17) is 17.2 Å². The summed E-state index contributed by atoms with van der Waals surface area (Å²) in [5.41, 5.74) is 15.3. The lowest BCUT2D eigenvalue weighted by Crippen LogP contribution is -2.10. The summed E-state index contributed by atoms with van der Waals surface area (Å²) in [5.74, 6) is -1.31. The molecule has 0 aromatic heterocycles. The molecule has 9 N–H and O–H groups in total. The fourth-order valence-electron chi connectivity index (χ4n) is 0. The molecular formula is C12H24N4O3. The van der Waals surface area contributed by atoms with Crippen molar-refractivity contribution in [2.75, 3.05) is 0 Å². The number of hydrogen-bond donors (Lipinski definition) is 4. The second kappa shape index (κ2) is 13.7. The first-order valence-electron chi connectivity index (χ1n) is 4.79. The Morgan fingerprint density at radius 3 is 0.684 bits per heavy atom. The standard InChI is InChI=1S/3C4H7NO.H3N/c3*1-3(2)4(5)6;/h3*1H2,2H3,(H2,5,6);1H3. The predicted molar refractivity (Wildman–Crippen MR) is 77.0 cm³/mol. The van der Waals surface area contributed by atoms with Crippen LogP contribution in [0, 0.1) is 0 Å². The lowest BCUT2D eigenvalue weighted by atomic mass is 10.3. The van der Waals surface area contributed by atoms with E-state index in [1.807, 2.05) is 0 Å². The van der Waals surface area contributed by atoms with E-state index in [0.717, 1.165) is 0 Å². The molecule has 0 atom stereocenters. The van der Waals surface area contributed by atoms with Crippen molar-refractivity contribution in [3.8, 4) is 0 Å².